The molecule has 2 aromatic rings. The lowest BCUT2D eigenvalue weighted by Crippen LogP contribution is -2.42. The Morgan fingerprint density at radius 3 is 2.63 bits per heavy atom. The second kappa shape index (κ2) is 8.12. The molecule has 0 radical (unpaired) electrons. The summed E-state index contributed by atoms with van der Waals surface area (Å²) < 4.78 is 16.9. The highest BCUT2D eigenvalue weighted by molar-refractivity contribution is 5.94. The number of benzene rings is 2. The maximum absolute atomic E-state index is 12.7. The van der Waals surface area contributed by atoms with Crippen molar-refractivity contribution in [1.82, 2.24) is 4.90 Å². The summed E-state index contributed by atoms with van der Waals surface area (Å²) in [4.78, 5) is 25.9. The van der Waals surface area contributed by atoms with E-state index in [-0.39, 0.29) is 24.2 Å². The molecule has 0 saturated heterocycles. The fourth-order valence-electron chi connectivity index (χ4n) is 2.99. The molecule has 0 spiro atoms. The zero-order valence-electron chi connectivity index (χ0n) is 15.7. The second-order valence-corrected chi connectivity index (χ2v) is 6.53. The zero-order chi connectivity index (χ0) is 19.4. The van der Waals surface area contributed by atoms with Crippen molar-refractivity contribution in [1.29, 1.82) is 0 Å². The number of nitrogens with zero attached hydrogens (tertiary/aromatic N) is 1. The number of amides is 1. The van der Waals surface area contributed by atoms with Crippen LogP contribution < -0.4 is 14.2 Å². The van der Waals surface area contributed by atoms with Gasteiger partial charge >= 0.3 is 0 Å². The highest BCUT2D eigenvalue weighted by atomic mass is 16.6. The van der Waals surface area contributed by atoms with Gasteiger partial charge in [-0.3, -0.25) is 9.59 Å². The molecule has 6 heteroatoms. The van der Waals surface area contributed by atoms with Gasteiger partial charge in [-0.15, -0.1) is 0 Å². The Bertz CT molecular complexity index is 848. The molecule has 0 saturated carbocycles. The summed E-state index contributed by atoms with van der Waals surface area (Å²) in [5.41, 5.74) is 1.25. The highest BCUT2D eigenvalue weighted by Crippen LogP contribution is 2.31. The number of hydrogen-bond acceptors (Lipinski definition) is 5. The Balaban J connectivity index is 1.65. The number of rotatable bonds is 6. The van der Waals surface area contributed by atoms with Crippen LogP contribution in [-0.4, -0.2) is 50.0 Å². The van der Waals surface area contributed by atoms with Crippen LogP contribution in [0.2, 0.25) is 0 Å². The van der Waals surface area contributed by atoms with Crippen LogP contribution in [0.4, 0.5) is 0 Å². The summed E-state index contributed by atoms with van der Waals surface area (Å²) in [6, 6.07) is 12.6. The molecule has 0 aliphatic carbocycles. The predicted molar refractivity (Wildman–Crippen MR) is 101 cm³/mol. The monoisotopic (exact) mass is 369 g/mol. The lowest BCUT2D eigenvalue weighted by Gasteiger charge is -2.29. The molecule has 1 aliphatic heterocycles. The molecule has 0 unspecified atom stereocenters. The molecule has 1 aliphatic rings. The standard InChI is InChI=1S/C21H23NO5/c1-14(23)15-8-9-18(25-3)16(10-15)11-21(24)22(2)12-17-13-26-19-6-4-5-7-20(19)27-17/h4-10,17H,11-13H2,1-3H3/t17-/m0/s1. The van der Waals surface area contributed by atoms with E-state index < -0.39 is 0 Å². The van der Waals surface area contributed by atoms with Crippen LogP contribution in [0.25, 0.3) is 0 Å². The Hall–Kier alpha value is -3.02. The average molecular weight is 369 g/mol. The van der Waals surface area contributed by atoms with E-state index in [0.717, 1.165) is 0 Å². The third-order valence-corrected chi connectivity index (χ3v) is 4.50. The van der Waals surface area contributed by atoms with Gasteiger partial charge in [0.25, 0.3) is 0 Å². The Labute approximate surface area is 158 Å². The Morgan fingerprint density at radius 1 is 1.19 bits per heavy atom. The van der Waals surface area contributed by atoms with Crippen LogP contribution >= 0.6 is 0 Å². The first-order valence-electron chi connectivity index (χ1n) is 8.78. The third kappa shape index (κ3) is 4.39. The second-order valence-electron chi connectivity index (χ2n) is 6.53. The summed E-state index contributed by atoms with van der Waals surface area (Å²) >= 11 is 0. The molecule has 6 nitrogen and oxygen atoms in total. The number of para-hydroxylation sites is 2. The topological polar surface area (TPSA) is 65.1 Å². The van der Waals surface area contributed by atoms with E-state index in [1.54, 1.807) is 37.3 Å². The zero-order valence-corrected chi connectivity index (χ0v) is 15.7. The van der Waals surface area contributed by atoms with Gasteiger partial charge in [0.15, 0.2) is 23.4 Å². The number of carbonyl (C=O) groups is 2. The largest absolute Gasteiger partial charge is 0.496 e. The molecule has 1 atom stereocenters. The first-order chi connectivity index (χ1) is 13.0. The van der Waals surface area contributed by atoms with E-state index in [1.807, 2.05) is 24.3 Å². The maximum Gasteiger partial charge on any atom is 0.227 e. The summed E-state index contributed by atoms with van der Waals surface area (Å²) in [5.74, 6) is 1.86. The van der Waals surface area contributed by atoms with Gasteiger partial charge < -0.3 is 19.1 Å². The number of likely N-dealkylation sites (N-methyl/N-ethyl adjacent to an activating group) is 1. The van der Waals surface area contributed by atoms with Crippen molar-refractivity contribution in [2.75, 3.05) is 27.3 Å². The van der Waals surface area contributed by atoms with Crippen LogP contribution in [0.5, 0.6) is 17.2 Å². The van der Waals surface area contributed by atoms with Gasteiger partial charge in [0.05, 0.1) is 20.1 Å². The van der Waals surface area contributed by atoms with Gasteiger partial charge in [-0.05, 0) is 37.3 Å². The van der Waals surface area contributed by atoms with Gasteiger partial charge in [-0.25, -0.2) is 0 Å². The molecule has 1 amide bonds. The van der Waals surface area contributed by atoms with Gasteiger partial charge in [-0.2, -0.15) is 0 Å². The maximum atomic E-state index is 12.7. The average Bonchev–Trinajstić information content (AvgIpc) is 2.67. The molecule has 0 fully saturated rings. The van der Waals surface area contributed by atoms with Crippen molar-refractivity contribution >= 4 is 11.7 Å². The molecule has 3 rings (SSSR count). The molecular formula is C21H23NO5. The first kappa shape index (κ1) is 18.8. The van der Waals surface area contributed by atoms with Gasteiger partial charge in [0, 0.05) is 18.2 Å². The fourth-order valence-corrected chi connectivity index (χ4v) is 2.99. The first-order valence-corrected chi connectivity index (χ1v) is 8.78. The molecule has 142 valence electrons. The van der Waals surface area contributed by atoms with Crippen molar-refractivity contribution in [3.8, 4) is 17.2 Å². The molecule has 0 bridgehead atoms. The lowest BCUT2D eigenvalue weighted by molar-refractivity contribution is -0.130. The van der Waals surface area contributed by atoms with Crippen LogP contribution in [0, 0.1) is 0 Å². The summed E-state index contributed by atoms with van der Waals surface area (Å²) in [6.07, 6.45) is -0.0930. The Kier molecular flexibility index (Phi) is 5.64. The van der Waals surface area contributed by atoms with Gasteiger partial charge in [0.2, 0.25) is 5.91 Å². The van der Waals surface area contributed by atoms with E-state index >= 15 is 0 Å². The highest BCUT2D eigenvalue weighted by Gasteiger charge is 2.24. The van der Waals surface area contributed by atoms with Crippen molar-refractivity contribution in [2.24, 2.45) is 0 Å². The minimum Gasteiger partial charge on any atom is -0.496 e. The number of ether oxygens (including phenoxy) is 3. The smallest absolute Gasteiger partial charge is 0.227 e. The molecule has 0 aromatic heterocycles. The lowest BCUT2D eigenvalue weighted by atomic mass is 10.0. The summed E-state index contributed by atoms with van der Waals surface area (Å²) in [7, 11) is 3.28. The predicted octanol–water partition coefficient (Wildman–Crippen LogP) is 2.74. The number of Topliss-reactive ketones (excluding diaryl/α,β-unsaturated/α-hetero) is 1. The number of ketones is 1. The Morgan fingerprint density at radius 2 is 1.93 bits per heavy atom. The van der Waals surface area contributed by atoms with Crippen molar-refractivity contribution < 1.29 is 23.8 Å². The number of fused-ring (bicyclic) bond motifs is 1. The molecule has 27 heavy (non-hydrogen) atoms. The van der Waals surface area contributed by atoms with E-state index in [1.165, 1.54) is 6.92 Å². The third-order valence-electron chi connectivity index (χ3n) is 4.50. The molecule has 1 heterocycles. The summed E-state index contributed by atoms with van der Waals surface area (Å²) in [6.45, 7) is 2.29. The van der Waals surface area contributed by atoms with E-state index in [2.05, 4.69) is 0 Å². The molecular weight excluding hydrogens is 346 g/mol. The van der Waals surface area contributed by atoms with E-state index in [9.17, 15) is 9.59 Å². The van der Waals surface area contributed by atoms with Crippen molar-refractivity contribution in [3.05, 3.63) is 53.6 Å². The molecule has 2 aromatic carbocycles. The quantitative estimate of drug-likeness (QED) is 0.733. The normalized spacial score (nSPS) is 15.1. The van der Waals surface area contributed by atoms with Gasteiger partial charge in [0.1, 0.15) is 12.4 Å². The van der Waals surface area contributed by atoms with Crippen molar-refractivity contribution in [2.45, 2.75) is 19.4 Å². The van der Waals surface area contributed by atoms with E-state index in [4.69, 9.17) is 14.2 Å². The summed E-state index contributed by atoms with van der Waals surface area (Å²) in [5, 5.41) is 0. The number of carbonyl (C=O) groups excluding carboxylic acids is 2. The van der Waals surface area contributed by atoms with Crippen LogP contribution in [-0.2, 0) is 11.2 Å². The van der Waals surface area contributed by atoms with E-state index in [0.29, 0.717) is 41.5 Å². The van der Waals surface area contributed by atoms with Crippen molar-refractivity contribution in [3.63, 3.8) is 0 Å². The van der Waals surface area contributed by atoms with Gasteiger partial charge in [-0.1, -0.05) is 12.1 Å². The fraction of sp³-hybridized carbons (Fsp3) is 0.333. The van der Waals surface area contributed by atoms with Crippen LogP contribution in [0.3, 0.4) is 0 Å². The number of methoxy groups -OCH3 is 1. The minimum atomic E-state index is -0.237. The SMILES string of the molecule is COc1ccc(C(C)=O)cc1CC(=O)N(C)C[C@H]1COc2ccccc2O1. The van der Waals surface area contributed by atoms with Crippen LogP contribution in [0.1, 0.15) is 22.8 Å². The van der Waals surface area contributed by atoms with Crippen LogP contribution in [0.15, 0.2) is 42.5 Å². The molecule has 0 N–H and O–H groups in total. The number of hydrogen-bond donors (Lipinski definition) is 0. The minimum absolute atomic E-state index is 0.0499.